The average Bonchev–Trinajstić information content (AvgIpc) is 1.68. The molecule has 2 aromatic carbocycles. The number of carbonyl (C=O) groups is 11. The van der Waals surface area contributed by atoms with Crippen LogP contribution in [-0.2, 0) is 97.1 Å². The number of ether oxygens (including phenoxy) is 8. The van der Waals surface area contributed by atoms with Gasteiger partial charge in [0.05, 0.1) is 138 Å². The highest BCUT2D eigenvalue weighted by molar-refractivity contribution is 5.98. The van der Waals surface area contributed by atoms with E-state index in [1.165, 1.54) is 19.1 Å². The Kier molecular flexibility index (Phi) is 53.1. The predicted molar refractivity (Wildman–Crippen MR) is 465 cm³/mol. The van der Waals surface area contributed by atoms with E-state index < -0.39 is 78.1 Å². The molecule has 0 spiro atoms. The van der Waals surface area contributed by atoms with Gasteiger partial charge < -0.3 is 146 Å². The lowest BCUT2D eigenvalue weighted by Gasteiger charge is -2.33. The van der Waals surface area contributed by atoms with Crippen LogP contribution in [0.2, 0.25) is 0 Å². The second kappa shape index (κ2) is 62.9. The number of hydrogen-bond acceptors (Lipinski definition) is 29. The molecular weight excluding hydrogens is 1630 g/mol. The van der Waals surface area contributed by atoms with Crippen molar-refractivity contribution in [2.45, 2.75) is 88.6 Å². The Morgan fingerprint density at radius 2 is 0.888 bits per heavy atom. The van der Waals surface area contributed by atoms with E-state index in [2.05, 4.69) is 68.1 Å². The summed E-state index contributed by atoms with van der Waals surface area (Å²) in [5.41, 5.74) is 40.4. The predicted octanol–water partition coefficient (Wildman–Crippen LogP) is -8.23. The van der Waals surface area contributed by atoms with Gasteiger partial charge in [0.1, 0.15) is 36.0 Å². The number of para-hydroxylation sites is 1. The summed E-state index contributed by atoms with van der Waals surface area (Å²) < 4.78 is 44.6. The molecule has 1 aromatic heterocycles. The summed E-state index contributed by atoms with van der Waals surface area (Å²) in [6, 6.07) is 6.37. The van der Waals surface area contributed by atoms with Crippen LogP contribution < -0.4 is 93.3 Å². The molecule has 2 aliphatic heterocycles. The van der Waals surface area contributed by atoms with E-state index >= 15 is 0 Å². The van der Waals surface area contributed by atoms with E-state index in [4.69, 9.17) is 78.0 Å². The SMILES string of the molecule is CC(=O)N[C@H](C(=O)N[C@@H](Cc1ccc(O)cc1)C(=O)N[C@@H](CCCN=C(N)N)C(=O)NCC(=O)N[C@@H](CCCN=C(N)N)C(=O)N[C@H]1CC(C)N(CCOCCOCCNC(=O)CN2CCN(CC(=O)NCCOCCOCCN)CCN(CC(=O)NCCOCCOCCN)CCN(CC(=O)NCCOCCOCCN)CC2)C1=O)c1c[nH]c2ccccc12. The second-order valence-corrected chi connectivity index (χ2v) is 29.6. The van der Waals surface area contributed by atoms with Gasteiger partial charge in [-0.1, -0.05) is 30.3 Å². The van der Waals surface area contributed by atoms with Crippen molar-refractivity contribution in [2.24, 2.45) is 50.1 Å². The normalized spacial score (nSPS) is 15.9. The molecule has 3 heterocycles. The maximum Gasteiger partial charge on any atom is 0.247 e. The van der Waals surface area contributed by atoms with Gasteiger partial charge in [0.25, 0.3) is 0 Å². The molecule has 125 heavy (non-hydrogen) atoms. The van der Waals surface area contributed by atoms with E-state index in [-0.39, 0.29) is 204 Å². The van der Waals surface area contributed by atoms with Crippen molar-refractivity contribution in [3.63, 3.8) is 0 Å². The van der Waals surface area contributed by atoms with Gasteiger partial charge >= 0.3 is 0 Å². The van der Waals surface area contributed by atoms with Crippen molar-refractivity contribution in [1.82, 2.24) is 82.7 Å². The number of likely N-dealkylation sites (tertiary alicyclic amines) is 1. The van der Waals surface area contributed by atoms with Gasteiger partial charge in [-0.3, -0.25) is 82.3 Å². The van der Waals surface area contributed by atoms with Gasteiger partial charge in [0, 0.05) is 160 Å². The molecule has 0 aliphatic carbocycles. The van der Waals surface area contributed by atoms with E-state index in [0.717, 1.165) is 0 Å². The summed E-state index contributed by atoms with van der Waals surface area (Å²) in [6.07, 6.45) is 1.91. The molecule has 3 aromatic rings. The van der Waals surface area contributed by atoms with Gasteiger partial charge in [-0.2, -0.15) is 0 Å². The number of amides is 11. The van der Waals surface area contributed by atoms with Crippen LogP contribution in [0.15, 0.2) is 64.7 Å². The first-order valence-electron chi connectivity index (χ1n) is 42.5. The van der Waals surface area contributed by atoms with E-state index in [0.29, 0.717) is 153 Å². The van der Waals surface area contributed by atoms with Crippen molar-refractivity contribution in [1.29, 1.82) is 0 Å². The quantitative estimate of drug-likeness (QED) is 0.0142. The molecule has 26 N–H and O–H groups in total. The van der Waals surface area contributed by atoms with Gasteiger partial charge in [-0.15, -0.1) is 0 Å². The number of hydrogen-bond donors (Lipinski definition) is 19. The number of phenolic OH excluding ortho intramolecular Hbond substituents is 1. The molecule has 6 atom stereocenters. The highest BCUT2D eigenvalue weighted by Gasteiger charge is 2.39. The fourth-order valence-corrected chi connectivity index (χ4v) is 13.2. The topological polar surface area (TPSA) is 641 Å². The number of nitrogens with one attached hydrogen (secondary N) is 11. The maximum absolute atomic E-state index is 14.5. The van der Waals surface area contributed by atoms with Gasteiger partial charge in [-0.05, 0) is 62.8 Å². The lowest BCUT2D eigenvalue weighted by Crippen LogP contribution is -2.57. The molecule has 0 radical (unpaired) electrons. The minimum atomic E-state index is -1.39. The highest BCUT2D eigenvalue weighted by atomic mass is 16.5. The number of phenols is 1. The van der Waals surface area contributed by atoms with Crippen LogP contribution in [0.5, 0.6) is 5.75 Å². The molecule has 0 bridgehead atoms. The summed E-state index contributed by atoms with van der Waals surface area (Å²) in [7, 11) is 0. The zero-order chi connectivity index (χ0) is 90.8. The van der Waals surface area contributed by atoms with Crippen molar-refractivity contribution in [2.75, 3.05) is 256 Å². The first kappa shape index (κ1) is 105. The molecule has 11 amide bonds. The number of rotatable bonds is 63. The second-order valence-electron chi connectivity index (χ2n) is 29.6. The van der Waals surface area contributed by atoms with Crippen molar-refractivity contribution >= 4 is 87.8 Å². The molecule has 2 aliphatic rings. The summed E-state index contributed by atoms with van der Waals surface area (Å²) in [4.78, 5) is 172. The Bertz CT molecular complexity index is 3700. The van der Waals surface area contributed by atoms with Gasteiger partial charge in [-0.25, -0.2) is 0 Å². The first-order chi connectivity index (χ1) is 60.4. The molecule has 45 heteroatoms. The van der Waals surface area contributed by atoms with Crippen LogP contribution in [0.1, 0.15) is 63.1 Å². The highest BCUT2D eigenvalue weighted by Crippen LogP contribution is 2.26. The molecule has 45 nitrogen and oxygen atoms in total. The van der Waals surface area contributed by atoms with Gasteiger partial charge in [0.15, 0.2) is 11.9 Å². The van der Waals surface area contributed by atoms with E-state index in [1.54, 1.807) is 47.5 Å². The number of guanidine groups is 2. The largest absolute Gasteiger partial charge is 0.508 e. The van der Waals surface area contributed by atoms with E-state index in [1.807, 2.05) is 26.5 Å². The Hall–Kier alpha value is -10.1. The maximum atomic E-state index is 14.5. The molecule has 2 fully saturated rings. The lowest BCUT2D eigenvalue weighted by atomic mass is 10.0. The monoisotopic (exact) mass is 1770 g/mol. The number of benzene rings is 2. The Balaban J connectivity index is 1.14. The van der Waals surface area contributed by atoms with Crippen LogP contribution in [0.4, 0.5) is 0 Å². The molecule has 0 saturated carbocycles. The lowest BCUT2D eigenvalue weighted by molar-refractivity contribution is -0.135. The van der Waals surface area contributed by atoms with Crippen molar-refractivity contribution < 1.29 is 95.7 Å². The van der Waals surface area contributed by atoms with Crippen LogP contribution in [0.25, 0.3) is 10.9 Å². The Morgan fingerprint density at radius 3 is 1.31 bits per heavy atom. The van der Waals surface area contributed by atoms with Crippen LogP contribution in [0.3, 0.4) is 0 Å². The number of aromatic hydroxyl groups is 1. The molecule has 1 unspecified atom stereocenters. The van der Waals surface area contributed by atoms with Gasteiger partial charge in [0.2, 0.25) is 65.0 Å². The molecule has 2 saturated heterocycles. The number of aliphatic imine (C=N–C) groups is 2. The summed E-state index contributed by atoms with van der Waals surface area (Å²) in [6.45, 7) is 12.6. The third-order valence-electron chi connectivity index (χ3n) is 19.6. The number of H-pyrrole nitrogens is 1. The number of aromatic amines is 1. The fourth-order valence-electron chi connectivity index (χ4n) is 13.2. The minimum Gasteiger partial charge on any atom is -0.508 e. The zero-order valence-corrected chi connectivity index (χ0v) is 72.4. The number of carbonyl (C=O) groups excluding carboxylic acids is 11. The zero-order valence-electron chi connectivity index (χ0n) is 72.4. The Morgan fingerprint density at radius 1 is 0.480 bits per heavy atom. The van der Waals surface area contributed by atoms with E-state index in [9.17, 15) is 57.8 Å². The number of nitrogens with zero attached hydrogens (tertiary/aromatic N) is 7. The summed E-state index contributed by atoms with van der Waals surface area (Å²) in [5.74, 6) is -6.36. The number of fused-ring (bicyclic) bond motifs is 1. The molecule has 702 valence electrons. The molecular formula is C80H137N25O20. The Labute approximate surface area is 729 Å². The summed E-state index contributed by atoms with van der Waals surface area (Å²) in [5, 5.41) is 38.4. The fraction of sp³-hybridized carbons (Fsp3) is 0.662. The van der Waals surface area contributed by atoms with Crippen LogP contribution >= 0.6 is 0 Å². The smallest absolute Gasteiger partial charge is 0.247 e. The average molecular weight is 1770 g/mol. The van der Waals surface area contributed by atoms with Crippen LogP contribution in [0, 0.1) is 0 Å². The van der Waals surface area contributed by atoms with Crippen molar-refractivity contribution in [3.05, 3.63) is 65.9 Å². The molecule has 5 rings (SSSR count). The standard InChI is InChI=1S/C80H137N25O20/c1-57-49-67(100-75(114)65(10-6-19-93-80(86)87)97-68(108)52-95-74(113)64(9-5-18-92-79(84)85)98-76(115)66(50-59-11-13-60(107)14-12-59)99-77(116)73(96-58(2)106)62-51-94-63-8-4-3-7-61(62)63)78(117)105(57)32-40-125-48-47-124-39-23-91-72(112)56-104-30-28-102(54-70(110)89-21-37-122-45-42-119-34-16-82)26-24-101(53-69(109)88-20-36-121-44-41-118-33-15-81)25-27-103(29-31-104)55-71(111)90-22-38-123-46-43-120-35-17-83/h3-4,7-8,11-14,51,57,64-67,73,94,107H,5-6,9-10,15-50,52-56,81-83H2,1-2H3,(H,88,109)(H,89,110)(H,90,111)(H,91,112)(H,95,113)(H,96,106)(H,97,108)(H,98,115)(H,99,116)(H,100,114)(H4,84,85,92)(H4,86,87,93)/t57?,64-,65-,66-,67-,73-/m0/s1. The first-order valence-corrected chi connectivity index (χ1v) is 42.5. The van der Waals surface area contributed by atoms with Crippen molar-refractivity contribution in [3.8, 4) is 5.75 Å². The number of aromatic nitrogens is 1. The summed E-state index contributed by atoms with van der Waals surface area (Å²) >= 11 is 0. The third kappa shape index (κ3) is 45.6. The third-order valence-corrected chi connectivity index (χ3v) is 19.6. The van der Waals surface area contributed by atoms with Crippen LogP contribution in [-0.4, -0.2) is 398 Å². The minimum absolute atomic E-state index is 0.00628. The number of nitrogens with two attached hydrogens (primary N) is 7.